The third kappa shape index (κ3) is 7.15. The van der Waals surface area contributed by atoms with Crippen molar-refractivity contribution >= 4 is 40.9 Å². The Morgan fingerprint density at radius 1 is 1.00 bits per heavy atom. The number of hydrogen-bond acceptors (Lipinski definition) is 5. The molecule has 0 radical (unpaired) electrons. The molecule has 0 N–H and O–H groups in total. The van der Waals surface area contributed by atoms with Crippen molar-refractivity contribution in [2.24, 2.45) is 0 Å². The molecule has 2 heterocycles. The fraction of sp³-hybridized carbons (Fsp3) is 0.680. The Morgan fingerprint density at radius 3 is 2.32 bits per heavy atom. The number of nitrogens with zero attached hydrogens (tertiary/aromatic N) is 4. The van der Waals surface area contributed by atoms with Gasteiger partial charge in [-0.1, -0.05) is 43.0 Å². The van der Waals surface area contributed by atoms with Gasteiger partial charge in [-0.3, -0.25) is 14.6 Å². The fourth-order valence-electron chi connectivity index (χ4n) is 4.46. The SMILES string of the molecule is CCCCCN1CCN(C(=O)OC(C)(C)C)[C@@H](C(=O)N2CCN(c3ccc(Cl)c(Cl)c3)CC2)C1. The van der Waals surface area contributed by atoms with E-state index < -0.39 is 17.7 Å². The minimum Gasteiger partial charge on any atom is -0.444 e. The molecule has 2 amide bonds. The molecule has 34 heavy (non-hydrogen) atoms. The fourth-order valence-corrected chi connectivity index (χ4v) is 4.75. The second kappa shape index (κ2) is 11.8. The Labute approximate surface area is 213 Å². The van der Waals surface area contributed by atoms with E-state index in [1.165, 1.54) is 6.42 Å². The van der Waals surface area contributed by atoms with E-state index in [-0.39, 0.29) is 5.91 Å². The summed E-state index contributed by atoms with van der Waals surface area (Å²) in [6.45, 7) is 13.1. The van der Waals surface area contributed by atoms with Crippen molar-refractivity contribution in [1.82, 2.24) is 14.7 Å². The summed E-state index contributed by atoms with van der Waals surface area (Å²) in [6.07, 6.45) is 3.02. The van der Waals surface area contributed by atoms with Gasteiger partial charge in [-0.25, -0.2) is 4.79 Å². The molecule has 1 aromatic carbocycles. The van der Waals surface area contributed by atoms with Crippen LogP contribution in [0.4, 0.5) is 10.5 Å². The van der Waals surface area contributed by atoms with E-state index in [2.05, 4.69) is 16.7 Å². The summed E-state index contributed by atoms with van der Waals surface area (Å²) in [6, 6.07) is 5.08. The van der Waals surface area contributed by atoms with E-state index >= 15 is 0 Å². The highest BCUT2D eigenvalue weighted by Gasteiger charge is 2.40. The van der Waals surface area contributed by atoms with Crippen LogP contribution >= 0.6 is 23.2 Å². The number of hydrogen-bond donors (Lipinski definition) is 0. The maximum absolute atomic E-state index is 13.6. The summed E-state index contributed by atoms with van der Waals surface area (Å²) < 4.78 is 5.64. The lowest BCUT2D eigenvalue weighted by atomic mass is 10.1. The molecule has 1 atom stereocenters. The molecule has 3 rings (SSSR count). The maximum Gasteiger partial charge on any atom is 0.411 e. The molecule has 0 aromatic heterocycles. The standard InChI is InChI=1S/C25H38Cl2N4O3/c1-5-6-7-10-28-11-16-31(24(33)34-25(2,3)4)22(18-28)23(32)30-14-12-29(13-15-30)19-8-9-20(26)21(27)17-19/h8-9,17,22H,5-7,10-16,18H2,1-4H3/t22-/m1/s1. The summed E-state index contributed by atoms with van der Waals surface area (Å²) in [4.78, 5) is 34.6. The van der Waals surface area contributed by atoms with Crippen LogP contribution in [-0.4, -0.2) is 90.7 Å². The Morgan fingerprint density at radius 2 is 1.71 bits per heavy atom. The number of halogens is 2. The first-order chi connectivity index (χ1) is 16.1. The van der Waals surface area contributed by atoms with Crippen molar-refractivity contribution in [1.29, 1.82) is 0 Å². The van der Waals surface area contributed by atoms with Crippen LogP contribution in [0.25, 0.3) is 0 Å². The second-order valence-corrected chi connectivity index (χ2v) is 10.9. The summed E-state index contributed by atoms with van der Waals surface area (Å²) in [5, 5.41) is 1.05. The molecule has 2 aliphatic heterocycles. The van der Waals surface area contributed by atoms with Crippen molar-refractivity contribution < 1.29 is 14.3 Å². The number of piperazine rings is 2. The van der Waals surface area contributed by atoms with Crippen molar-refractivity contribution in [2.45, 2.75) is 58.6 Å². The van der Waals surface area contributed by atoms with Crippen LogP contribution in [0.2, 0.25) is 10.0 Å². The number of amides is 2. The van der Waals surface area contributed by atoms with E-state index in [1.807, 2.05) is 37.8 Å². The third-order valence-electron chi connectivity index (χ3n) is 6.32. The van der Waals surface area contributed by atoms with Gasteiger partial charge in [0.2, 0.25) is 5.91 Å². The van der Waals surface area contributed by atoms with E-state index in [9.17, 15) is 9.59 Å². The molecular weight excluding hydrogens is 475 g/mol. The molecule has 0 bridgehead atoms. The molecule has 1 aromatic rings. The van der Waals surface area contributed by atoms with Crippen LogP contribution < -0.4 is 4.90 Å². The Bertz CT molecular complexity index is 853. The van der Waals surface area contributed by atoms with Gasteiger partial charge >= 0.3 is 6.09 Å². The zero-order valence-electron chi connectivity index (χ0n) is 20.9. The van der Waals surface area contributed by atoms with E-state index in [0.717, 1.165) is 31.6 Å². The van der Waals surface area contributed by atoms with E-state index in [0.29, 0.717) is 49.3 Å². The highest BCUT2D eigenvalue weighted by molar-refractivity contribution is 6.42. The number of ether oxygens (including phenoxy) is 1. The Balaban J connectivity index is 1.67. The van der Waals surface area contributed by atoms with Crippen molar-refractivity contribution in [3.63, 3.8) is 0 Å². The summed E-state index contributed by atoms with van der Waals surface area (Å²) in [5.41, 5.74) is 0.394. The minimum absolute atomic E-state index is 0.000149. The lowest BCUT2D eigenvalue weighted by Crippen LogP contribution is -2.63. The van der Waals surface area contributed by atoms with E-state index in [4.69, 9.17) is 27.9 Å². The molecule has 2 saturated heterocycles. The predicted octanol–water partition coefficient (Wildman–Crippen LogP) is 4.75. The molecule has 2 aliphatic rings. The summed E-state index contributed by atoms with van der Waals surface area (Å²) in [5.74, 6) is -0.000149. The van der Waals surface area contributed by atoms with Crippen molar-refractivity contribution in [2.75, 3.05) is 57.3 Å². The molecule has 2 fully saturated rings. The third-order valence-corrected chi connectivity index (χ3v) is 7.05. The number of carbonyl (C=O) groups is 2. The summed E-state index contributed by atoms with van der Waals surface area (Å²) in [7, 11) is 0. The molecule has 0 aliphatic carbocycles. The number of unbranched alkanes of at least 4 members (excludes halogenated alkanes) is 2. The minimum atomic E-state index is -0.603. The molecule has 7 nitrogen and oxygen atoms in total. The average molecular weight is 514 g/mol. The number of benzene rings is 1. The lowest BCUT2D eigenvalue weighted by Gasteiger charge is -2.44. The van der Waals surface area contributed by atoms with Gasteiger partial charge in [-0.05, 0) is 51.9 Å². The molecular formula is C25H38Cl2N4O3. The van der Waals surface area contributed by atoms with Gasteiger partial charge in [0.05, 0.1) is 10.0 Å². The highest BCUT2D eigenvalue weighted by atomic mass is 35.5. The van der Waals surface area contributed by atoms with Crippen LogP contribution in [0.3, 0.4) is 0 Å². The molecule has 0 unspecified atom stereocenters. The molecule has 0 spiro atoms. The maximum atomic E-state index is 13.6. The van der Waals surface area contributed by atoms with Crippen LogP contribution in [0, 0.1) is 0 Å². The van der Waals surface area contributed by atoms with Gasteiger partial charge in [0.1, 0.15) is 11.6 Å². The van der Waals surface area contributed by atoms with Crippen LogP contribution in [-0.2, 0) is 9.53 Å². The zero-order valence-corrected chi connectivity index (χ0v) is 22.4. The first kappa shape index (κ1) is 26.9. The van der Waals surface area contributed by atoms with Gasteiger partial charge in [-0.2, -0.15) is 0 Å². The number of carbonyl (C=O) groups excluding carboxylic acids is 2. The van der Waals surface area contributed by atoms with Crippen molar-refractivity contribution in [3.8, 4) is 0 Å². The molecule has 190 valence electrons. The van der Waals surface area contributed by atoms with Gasteiger partial charge in [0, 0.05) is 51.5 Å². The van der Waals surface area contributed by atoms with Crippen LogP contribution in [0.15, 0.2) is 18.2 Å². The molecule has 0 saturated carbocycles. The first-order valence-corrected chi connectivity index (χ1v) is 13.1. The lowest BCUT2D eigenvalue weighted by molar-refractivity contribution is -0.139. The predicted molar refractivity (Wildman–Crippen MR) is 138 cm³/mol. The van der Waals surface area contributed by atoms with E-state index in [1.54, 1.807) is 11.0 Å². The smallest absolute Gasteiger partial charge is 0.411 e. The topological polar surface area (TPSA) is 56.3 Å². The van der Waals surface area contributed by atoms with Gasteiger partial charge in [0.25, 0.3) is 0 Å². The number of anilines is 1. The van der Waals surface area contributed by atoms with Gasteiger partial charge in [0.15, 0.2) is 0 Å². The Kier molecular flexibility index (Phi) is 9.35. The largest absolute Gasteiger partial charge is 0.444 e. The highest BCUT2D eigenvalue weighted by Crippen LogP contribution is 2.28. The Hall–Kier alpha value is -1.70. The van der Waals surface area contributed by atoms with Gasteiger partial charge in [-0.15, -0.1) is 0 Å². The van der Waals surface area contributed by atoms with Gasteiger partial charge < -0.3 is 14.5 Å². The second-order valence-electron chi connectivity index (χ2n) is 10.1. The number of rotatable bonds is 6. The van der Waals surface area contributed by atoms with Crippen LogP contribution in [0.5, 0.6) is 0 Å². The monoisotopic (exact) mass is 512 g/mol. The summed E-state index contributed by atoms with van der Waals surface area (Å²) >= 11 is 12.2. The van der Waals surface area contributed by atoms with Crippen molar-refractivity contribution in [3.05, 3.63) is 28.2 Å². The molecule has 9 heteroatoms. The van der Waals surface area contributed by atoms with Crippen LogP contribution in [0.1, 0.15) is 47.0 Å². The zero-order chi connectivity index (χ0) is 24.9. The normalized spacial score (nSPS) is 19.9. The average Bonchev–Trinajstić information content (AvgIpc) is 2.79. The quantitative estimate of drug-likeness (QED) is 0.514. The first-order valence-electron chi connectivity index (χ1n) is 12.3.